The number of rotatable bonds is 4. The highest BCUT2D eigenvalue weighted by atomic mass is 32.1. The molecule has 1 N–H and O–H groups in total. The van der Waals surface area contributed by atoms with Gasteiger partial charge in [-0.3, -0.25) is 0 Å². The Hall–Kier alpha value is -2.77. The maximum absolute atomic E-state index is 5.66. The number of nitrogens with zero attached hydrogens (tertiary/aromatic N) is 3. The highest BCUT2D eigenvalue weighted by Crippen LogP contribution is 2.37. The van der Waals surface area contributed by atoms with Crippen LogP contribution in [0.4, 0.5) is 5.82 Å². The van der Waals surface area contributed by atoms with Gasteiger partial charge in [-0.25, -0.2) is 9.97 Å². The molecule has 1 aliphatic rings. The van der Waals surface area contributed by atoms with Crippen LogP contribution in [-0.4, -0.2) is 41.3 Å². The molecule has 6 nitrogen and oxygen atoms in total. The minimum Gasteiger partial charge on any atom is -0.467 e. The number of aromatic amines is 1. The molecule has 1 aromatic carbocycles. The monoisotopic (exact) mass is 406 g/mol. The van der Waals surface area contributed by atoms with Gasteiger partial charge in [0, 0.05) is 41.8 Å². The van der Waals surface area contributed by atoms with Gasteiger partial charge in [0.05, 0.1) is 25.2 Å². The molecule has 1 atom stereocenters. The number of hydrogen-bond acceptors (Lipinski definition) is 6. The lowest BCUT2D eigenvalue weighted by Crippen LogP contribution is -2.37. The number of morpholine rings is 1. The molecule has 4 heterocycles. The molecule has 4 aromatic rings. The molecule has 1 fully saturated rings. The largest absolute Gasteiger partial charge is 0.467 e. The number of furan rings is 1. The van der Waals surface area contributed by atoms with Crippen molar-refractivity contribution in [3.8, 4) is 11.4 Å². The quantitative estimate of drug-likeness (QED) is 0.496. The number of benzene rings is 1. The second-order valence-corrected chi connectivity index (χ2v) is 8.26. The van der Waals surface area contributed by atoms with Gasteiger partial charge < -0.3 is 19.0 Å². The fourth-order valence-corrected chi connectivity index (χ4v) is 3.88. The molecule has 5 rings (SSSR count). The van der Waals surface area contributed by atoms with Crippen molar-refractivity contribution < 1.29 is 9.15 Å². The van der Waals surface area contributed by atoms with Crippen molar-refractivity contribution in [1.29, 1.82) is 0 Å². The van der Waals surface area contributed by atoms with E-state index in [-0.39, 0.29) is 0 Å². The minimum absolute atomic E-state index is 0.680. The standard InChI is InChI=1S/C22H22N4O2S/c1-22(29,19-3-2-10-28-19)18-14-20(26-8-11-27-12-9-26)25-21(24-18)16-4-5-17-15(13-16)6-7-23-17/h2-7,10,13-14,23,29H,8-9,11-12H2,1H3. The van der Waals surface area contributed by atoms with Gasteiger partial charge in [0.25, 0.3) is 0 Å². The first-order valence-electron chi connectivity index (χ1n) is 9.67. The first-order chi connectivity index (χ1) is 14.1. The smallest absolute Gasteiger partial charge is 0.161 e. The van der Waals surface area contributed by atoms with Crippen LogP contribution in [0.25, 0.3) is 22.3 Å². The Kier molecular flexibility index (Phi) is 4.56. The highest BCUT2D eigenvalue weighted by Gasteiger charge is 2.31. The van der Waals surface area contributed by atoms with Crippen molar-refractivity contribution in [2.75, 3.05) is 31.2 Å². The second-order valence-electron chi connectivity index (χ2n) is 7.36. The Bertz CT molecular complexity index is 1130. The lowest BCUT2D eigenvalue weighted by molar-refractivity contribution is 0.122. The Morgan fingerprint density at radius 3 is 2.76 bits per heavy atom. The molecular weight excluding hydrogens is 384 g/mol. The average molecular weight is 407 g/mol. The molecule has 0 bridgehead atoms. The number of fused-ring (bicyclic) bond motifs is 1. The SMILES string of the molecule is CC(S)(c1cc(N2CCOCC2)nc(-c2ccc3[nH]ccc3c2)n1)c1ccco1. The van der Waals surface area contributed by atoms with Crippen LogP contribution in [0.3, 0.4) is 0 Å². The first kappa shape index (κ1) is 18.3. The molecule has 29 heavy (non-hydrogen) atoms. The number of anilines is 1. The van der Waals surface area contributed by atoms with E-state index in [2.05, 4.69) is 28.1 Å². The fraction of sp³-hybridized carbons (Fsp3) is 0.273. The molecule has 1 unspecified atom stereocenters. The summed E-state index contributed by atoms with van der Waals surface area (Å²) in [5.41, 5.74) is 2.86. The molecular formula is C22H22N4O2S. The third kappa shape index (κ3) is 3.41. The van der Waals surface area contributed by atoms with Crippen molar-refractivity contribution in [3.05, 3.63) is 66.4 Å². The zero-order valence-electron chi connectivity index (χ0n) is 16.1. The molecule has 7 heteroatoms. The highest BCUT2D eigenvalue weighted by molar-refractivity contribution is 7.81. The van der Waals surface area contributed by atoms with E-state index in [0.29, 0.717) is 19.0 Å². The summed E-state index contributed by atoms with van der Waals surface area (Å²) >= 11 is 4.92. The van der Waals surface area contributed by atoms with E-state index in [1.165, 1.54) is 0 Å². The van der Waals surface area contributed by atoms with Crippen LogP contribution >= 0.6 is 12.6 Å². The lowest BCUT2D eigenvalue weighted by Gasteiger charge is -2.29. The lowest BCUT2D eigenvalue weighted by atomic mass is 10.0. The summed E-state index contributed by atoms with van der Waals surface area (Å²) in [5.74, 6) is 2.31. The molecule has 0 amide bonds. The number of aromatic nitrogens is 3. The summed E-state index contributed by atoms with van der Waals surface area (Å²) in [4.78, 5) is 15.3. The van der Waals surface area contributed by atoms with Gasteiger partial charge in [-0.05, 0) is 43.3 Å². The summed E-state index contributed by atoms with van der Waals surface area (Å²) in [5, 5.41) is 1.13. The molecule has 0 radical (unpaired) electrons. The third-order valence-electron chi connectivity index (χ3n) is 5.36. The predicted octanol–water partition coefficient (Wildman–Crippen LogP) is 4.25. The molecule has 3 aromatic heterocycles. The van der Waals surface area contributed by atoms with E-state index in [1.54, 1.807) is 6.26 Å². The van der Waals surface area contributed by atoms with Crippen LogP contribution < -0.4 is 4.90 Å². The van der Waals surface area contributed by atoms with Gasteiger partial charge in [0.2, 0.25) is 0 Å². The molecule has 1 aliphatic heterocycles. The Morgan fingerprint density at radius 1 is 1.10 bits per heavy atom. The zero-order chi connectivity index (χ0) is 19.8. The summed E-state index contributed by atoms with van der Waals surface area (Å²) < 4.78 is 10.5. The van der Waals surface area contributed by atoms with Crippen molar-refractivity contribution in [2.24, 2.45) is 0 Å². The minimum atomic E-state index is -0.680. The Labute approximate surface area is 174 Å². The van der Waals surface area contributed by atoms with Crippen LogP contribution in [0, 0.1) is 0 Å². The third-order valence-corrected chi connectivity index (χ3v) is 5.81. The van der Waals surface area contributed by atoms with E-state index in [1.807, 2.05) is 37.4 Å². The van der Waals surface area contributed by atoms with Crippen LogP contribution in [0.2, 0.25) is 0 Å². The summed E-state index contributed by atoms with van der Waals surface area (Å²) in [6.07, 6.45) is 3.60. The Balaban J connectivity index is 1.65. The summed E-state index contributed by atoms with van der Waals surface area (Å²) in [6, 6.07) is 14.1. The number of thiol groups is 1. The van der Waals surface area contributed by atoms with E-state index < -0.39 is 4.75 Å². The van der Waals surface area contributed by atoms with Crippen LogP contribution in [0.1, 0.15) is 18.4 Å². The first-order valence-corrected chi connectivity index (χ1v) is 10.1. The van der Waals surface area contributed by atoms with Crippen LogP contribution in [-0.2, 0) is 9.48 Å². The number of hydrogen-bond donors (Lipinski definition) is 2. The number of H-pyrrole nitrogens is 1. The second kappa shape index (κ2) is 7.24. The average Bonchev–Trinajstić information content (AvgIpc) is 3.46. The van der Waals surface area contributed by atoms with Crippen molar-refractivity contribution in [3.63, 3.8) is 0 Å². The van der Waals surface area contributed by atoms with E-state index in [4.69, 9.17) is 31.8 Å². The van der Waals surface area contributed by atoms with Crippen molar-refractivity contribution in [1.82, 2.24) is 15.0 Å². The molecule has 0 aliphatic carbocycles. The number of nitrogens with one attached hydrogen (secondary N) is 1. The molecule has 1 saturated heterocycles. The topological polar surface area (TPSA) is 67.2 Å². The van der Waals surface area contributed by atoms with Gasteiger partial charge >= 0.3 is 0 Å². The van der Waals surface area contributed by atoms with Gasteiger partial charge in [-0.2, -0.15) is 12.6 Å². The van der Waals surface area contributed by atoms with E-state index >= 15 is 0 Å². The maximum Gasteiger partial charge on any atom is 0.161 e. The van der Waals surface area contributed by atoms with E-state index in [9.17, 15) is 0 Å². The molecule has 148 valence electrons. The van der Waals surface area contributed by atoms with E-state index in [0.717, 1.165) is 46.8 Å². The summed E-state index contributed by atoms with van der Waals surface area (Å²) in [6.45, 7) is 4.99. The van der Waals surface area contributed by atoms with Gasteiger partial charge in [-0.1, -0.05) is 0 Å². The van der Waals surface area contributed by atoms with Crippen molar-refractivity contribution >= 4 is 29.3 Å². The van der Waals surface area contributed by atoms with Gasteiger partial charge in [0.15, 0.2) is 5.82 Å². The normalized spacial score (nSPS) is 16.8. The number of ether oxygens (including phenoxy) is 1. The van der Waals surface area contributed by atoms with Crippen LogP contribution in [0.15, 0.2) is 59.3 Å². The molecule has 0 saturated carbocycles. The summed E-state index contributed by atoms with van der Waals surface area (Å²) in [7, 11) is 0. The van der Waals surface area contributed by atoms with Crippen molar-refractivity contribution in [2.45, 2.75) is 11.7 Å². The Morgan fingerprint density at radius 2 is 1.97 bits per heavy atom. The predicted molar refractivity (Wildman–Crippen MR) is 117 cm³/mol. The van der Waals surface area contributed by atoms with Gasteiger partial charge in [-0.15, -0.1) is 0 Å². The maximum atomic E-state index is 5.66. The fourth-order valence-electron chi connectivity index (χ4n) is 3.64. The zero-order valence-corrected chi connectivity index (χ0v) is 17.0. The van der Waals surface area contributed by atoms with Crippen LogP contribution in [0.5, 0.6) is 0 Å². The van der Waals surface area contributed by atoms with Gasteiger partial charge in [0.1, 0.15) is 16.3 Å². The molecule has 0 spiro atoms.